The molecule has 1 saturated heterocycles. The second kappa shape index (κ2) is 9.67. The van der Waals surface area contributed by atoms with Gasteiger partial charge in [0.05, 0.1) is 13.2 Å². The minimum Gasteiger partial charge on any atom is -0.491 e. The minimum atomic E-state index is -0.488. The third-order valence-electron chi connectivity index (χ3n) is 3.67. The Labute approximate surface area is 138 Å². The van der Waals surface area contributed by atoms with E-state index in [1.165, 1.54) is 0 Å². The number of hydrogen-bond acceptors (Lipinski definition) is 5. The lowest BCUT2D eigenvalue weighted by molar-refractivity contribution is 0.00465. The van der Waals surface area contributed by atoms with Crippen molar-refractivity contribution in [1.82, 2.24) is 10.2 Å². The molecule has 1 atom stereocenters. The van der Waals surface area contributed by atoms with E-state index in [1.54, 1.807) is 0 Å². The van der Waals surface area contributed by atoms with E-state index in [9.17, 15) is 5.11 Å². The van der Waals surface area contributed by atoms with Gasteiger partial charge in [0, 0.05) is 32.7 Å². The first-order valence-electron chi connectivity index (χ1n) is 8.18. The first kappa shape index (κ1) is 17.9. The number of aliphatic hydroxyl groups excluding tert-OH is 1. The predicted octanol–water partition coefficient (Wildman–Crippen LogP) is 1.42. The van der Waals surface area contributed by atoms with Crippen molar-refractivity contribution in [3.63, 3.8) is 0 Å². The Hall–Kier alpha value is -1.40. The zero-order valence-electron chi connectivity index (χ0n) is 14.0. The van der Waals surface area contributed by atoms with Crippen LogP contribution in [0.1, 0.15) is 12.5 Å². The van der Waals surface area contributed by atoms with Crippen LogP contribution in [0.25, 0.3) is 0 Å². The van der Waals surface area contributed by atoms with Crippen molar-refractivity contribution in [3.05, 3.63) is 42.0 Å². The van der Waals surface area contributed by atoms with Crippen LogP contribution in [0.5, 0.6) is 5.75 Å². The molecule has 0 radical (unpaired) electrons. The summed E-state index contributed by atoms with van der Waals surface area (Å²) >= 11 is 0. The molecule has 5 heteroatoms. The maximum atomic E-state index is 10.1. The van der Waals surface area contributed by atoms with E-state index in [1.807, 2.05) is 25.1 Å². The van der Waals surface area contributed by atoms with Crippen LogP contribution in [-0.2, 0) is 11.3 Å². The van der Waals surface area contributed by atoms with Crippen molar-refractivity contribution in [1.29, 1.82) is 0 Å². The molecule has 2 rings (SSSR count). The maximum absolute atomic E-state index is 10.1. The van der Waals surface area contributed by atoms with Crippen LogP contribution >= 0.6 is 0 Å². The molecule has 0 bridgehead atoms. The zero-order chi connectivity index (χ0) is 16.5. The third-order valence-corrected chi connectivity index (χ3v) is 3.67. The van der Waals surface area contributed by atoms with Crippen LogP contribution in [0.4, 0.5) is 0 Å². The Morgan fingerprint density at radius 2 is 2.22 bits per heavy atom. The molecule has 0 aromatic heterocycles. The van der Waals surface area contributed by atoms with Crippen LogP contribution in [0.15, 0.2) is 36.4 Å². The highest BCUT2D eigenvalue weighted by molar-refractivity contribution is 5.28. The summed E-state index contributed by atoms with van der Waals surface area (Å²) in [4.78, 5) is 2.20. The molecule has 0 aliphatic carbocycles. The topological polar surface area (TPSA) is 54.0 Å². The Morgan fingerprint density at radius 3 is 2.96 bits per heavy atom. The average Bonchev–Trinajstić information content (AvgIpc) is 2.54. The van der Waals surface area contributed by atoms with E-state index in [-0.39, 0.29) is 0 Å². The van der Waals surface area contributed by atoms with Crippen molar-refractivity contribution in [3.8, 4) is 5.75 Å². The molecular weight excluding hydrogens is 292 g/mol. The van der Waals surface area contributed by atoms with Crippen molar-refractivity contribution >= 4 is 0 Å². The monoisotopic (exact) mass is 320 g/mol. The summed E-state index contributed by atoms with van der Waals surface area (Å²) in [5.74, 6) is 0.792. The van der Waals surface area contributed by atoms with E-state index in [0.717, 1.165) is 56.3 Å². The van der Waals surface area contributed by atoms with E-state index in [4.69, 9.17) is 9.47 Å². The van der Waals surface area contributed by atoms with Crippen LogP contribution in [-0.4, -0.2) is 62.1 Å². The zero-order valence-corrected chi connectivity index (χ0v) is 14.0. The van der Waals surface area contributed by atoms with E-state index in [2.05, 4.69) is 22.9 Å². The number of ether oxygens (including phenoxy) is 2. The molecule has 1 aromatic carbocycles. The molecular formula is C18H28N2O3. The van der Waals surface area contributed by atoms with Gasteiger partial charge in [0.15, 0.2) is 0 Å². The Kier molecular flexibility index (Phi) is 7.55. The highest BCUT2D eigenvalue weighted by Gasteiger charge is 2.15. The SMILES string of the molecule is C=C(C)CNCc1cccc(OC[C@@H](O)CN2CCOCC2)c1. The number of aliphatic hydroxyl groups is 1. The fraction of sp³-hybridized carbons (Fsp3) is 0.556. The van der Waals surface area contributed by atoms with Crippen molar-refractivity contribution in [2.75, 3.05) is 46.0 Å². The summed E-state index contributed by atoms with van der Waals surface area (Å²) in [5.41, 5.74) is 2.27. The second-order valence-electron chi connectivity index (χ2n) is 6.09. The summed E-state index contributed by atoms with van der Waals surface area (Å²) in [7, 11) is 0. The average molecular weight is 320 g/mol. The molecule has 128 valence electrons. The van der Waals surface area contributed by atoms with Crippen molar-refractivity contribution < 1.29 is 14.6 Å². The van der Waals surface area contributed by atoms with Gasteiger partial charge in [-0.2, -0.15) is 0 Å². The fourth-order valence-corrected chi connectivity index (χ4v) is 2.49. The van der Waals surface area contributed by atoms with Gasteiger partial charge in [0.2, 0.25) is 0 Å². The number of hydrogen-bond donors (Lipinski definition) is 2. The number of morpholine rings is 1. The molecule has 2 N–H and O–H groups in total. The maximum Gasteiger partial charge on any atom is 0.119 e. The predicted molar refractivity (Wildman–Crippen MR) is 91.7 cm³/mol. The van der Waals surface area contributed by atoms with Gasteiger partial charge in [0.25, 0.3) is 0 Å². The lowest BCUT2D eigenvalue weighted by Gasteiger charge is -2.28. The van der Waals surface area contributed by atoms with Crippen LogP contribution in [0.2, 0.25) is 0 Å². The van der Waals surface area contributed by atoms with Gasteiger partial charge in [-0.15, -0.1) is 0 Å². The molecule has 23 heavy (non-hydrogen) atoms. The molecule has 0 spiro atoms. The fourth-order valence-electron chi connectivity index (χ4n) is 2.49. The standard InChI is InChI=1S/C18H28N2O3/c1-15(2)11-19-12-16-4-3-5-18(10-16)23-14-17(21)13-20-6-8-22-9-7-20/h3-5,10,17,19,21H,1,6-9,11-14H2,2H3/t17-/m0/s1. The van der Waals surface area contributed by atoms with Crippen LogP contribution in [0, 0.1) is 0 Å². The highest BCUT2D eigenvalue weighted by Crippen LogP contribution is 2.14. The number of nitrogens with one attached hydrogen (secondary N) is 1. The minimum absolute atomic E-state index is 0.306. The van der Waals surface area contributed by atoms with Gasteiger partial charge in [-0.1, -0.05) is 24.3 Å². The van der Waals surface area contributed by atoms with E-state index in [0.29, 0.717) is 13.2 Å². The molecule has 0 amide bonds. The summed E-state index contributed by atoms with van der Waals surface area (Å²) < 4.78 is 11.0. The van der Waals surface area contributed by atoms with E-state index < -0.39 is 6.10 Å². The highest BCUT2D eigenvalue weighted by atomic mass is 16.5. The Morgan fingerprint density at radius 1 is 1.43 bits per heavy atom. The largest absolute Gasteiger partial charge is 0.491 e. The van der Waals surface area contributed by atoms with Crippen molar-refractivity contribution in [2.45, 2.75) is 19.6 Å². The summed E-state index contributed by atoms with van der Waals surface area (Å²) in [6.07, 6.45) is -0.488. The number of β-amino-alcohol motifs (C(OH)–C–C–N with tert-alkyl or cyclic N) is 1. The van der Waals surface area contributed by atoms with Crippen LogP contribution in [0.3, 0.4) is 0 Å². The van der Waals surface area contributed by atoms with Crippen molar-refractivity contribution in [2.24, 2.45) is 0 Å². The molecule has 0 saturated carbocycles. The Balaban J connectivity index is 1.72. The lowest BCUT2D eigenvalue weighted by Crippen LogP contribution is -2.42. The number of benzene rings is 1. The van der Waals surface area contributed by atoms with E-state index >= 15 is 0 Å². The molecule has 5 nitrogen and oxygen atoms in total. The summed E-state index contributed by atoms with van der Waals surface area (Å²) in [5, 5.41) is 13.4. The first-order valence-corrected chi connectivity index (χ1v) is 8.18. The van der Waals surface area contributed by atoms with Gasteiger partial charge < -0.3 is 19.9 Å². The number of nitrogens with zero attached hydrogens (tertiary/aromatic N) is 1. The number of rotatable bonds is 9. The first-order chi connectivity index (χ1) is 11.1. The molecule has 1 heterocycles. The molecule has 1 fully saturated rings. The second-order valence-corrected chi connectivity index (χ2v) is 6.09. The third kappa shape index (κ3) is 7.14. The smallest absolute Gasteiger partial charge is 0.119 e. The van der Waals surface area contributed by atoms with Gasteiger partial charge in [0.1, 0.15) is 18.5 Å². The molecule has 1 aliphatic heterocycles. The quantitative estimate of drug-likeness (QED) is 0.674. The molecule has 1 aromatic rings. The van der Waals surface area contributed by atoms with Gasteiger partial charge >= 0.3 is 0 Å². The van der Waals surface area contributed by atoms with Crippen LogP contribution < -0.4 is 10.1 Å². The normalized spacial score (nSPS) is 17.0. The molecule has 1 aliphatic rings. The summed E-state index contributed by atoms with van der Waals surface area (Å²) in [6.45, 7) is 11.6. The van der Waals surface area contributed by atoms with Gasteiger partial charge in [-0.3, -0.25) is 4.90 Å². The van der Waals surface area contributed by atoms with Gasteiger partial charge in [-0.05, 0) is 24.6 Å². The molecule has 0 unspecified atom stereocenters. The summed E-state index contributed by atoms with van der Waals surface area (Å²) in [6, 6.07) is 7.96. The lowest BCUT2D eigenvalue weighted by atomic mass is 10.2. The Bertz CT molecular complexity index is 487. The van der Waals surface area contributed by atoms with Gasteiger partial charge in [-0.25, -0.2) is 0 Å².